The van der Waals surface area contributed by atoms with Gasteiger partial charge in [0.15, 0.2) is 0 Å². The first-order valence-corrected chi connectivity index (χ1v) is 11.4. The summed E-state index contributed by atoms with van der Waals surface area (Å²) in [5.74, 6) is 1.12. The van der Waals surface area contributed by atoms with Crippen LogP contribution < -0.4 is 10.1 Å². The van der Waals surface area contributed by atoms with Crippen LogP contribution in [0.5, 0.6) is 5.75 Å². The Balaban J connectivity index is 1.12. The van der Waals surface area contributed by atoms with Crippen molar-refractivity contribution in [3.8, 4) is 5.75 Å². The Morgan fingerprint density at radius 1 is 1.24 bits per heavy atom. The molecule has 2 fully saturated rings. The van der Waals surface area contributed by atoms with Crippen LogP contribution in [0.4, 0.5) is 15.1 Å². The maximum atomic E-state index is 13.3. The van der Waals surface area contributed by atoms with Gasteiger partial charge in [-0.05, 0) is 65.1 Å². The predicted molar refractivity (Wildman–Crippen MR) is 122 cm³/mol. The average molecular weight is 467 g/mol. The second-order valence-electron chi connectivity index (χ2n) is 8.93. The quantitative estimate of drug-likeness (QED) is 0.619. The highest BCUT2D eigenvalue weighted by Crippen LogP contribution is 2.43. The van der Waals surface area contributed by atoms with E-state index in [2.05, 4.69) is 33.0 Å². The summed E-state index contributed by atoms with van der Waals surface area (Å²) in [7, 11) is 1.68. The van der Waals surface area contributed by atoms with E-state index in [9.17, 15) is 9.18 Å². The van der Waals surface area contributed by atoms with Crippen molar-refractivity contribution in [3.05, 3.63) is 65.5 Å². The highest BCUT2D eigenvalue weighted by molar-refractivity contribution is 5.87. The third-order valence-electron chi connectivity index (χ3n) is 6.66. The lowest BCUT2D eigenvalue weighted by atomic mass is 9.83. The van der Waals surface area contributed by atoms with Gasteiger partial charge in [-0.2, -0.15) is 0 Å². The summed E-state index contributed by atoms with van der Waals surface area (Å²) >= 11 is 0. The summed E-state index contributed by atoms with van der Waals surface area (Å²) in [6.07, 6.45) is 2.52. The fourth-order valence-corrected chi connectivity index (χ4v) is 4.66. The lowest BCUT2D eigenvalue weighted by molar-refractivity contribution is -0.0355. The zero-order valence-electron chi connectivity index (χ0n) is 19.0. The number of amides is 2. The number of hydrogen-bond donors (Lipinski definition) is 1. The molecule has 1 aromatic heterocycles. The van der Waals surface area contributed by atoms with Crippen LogP contribution in [-0.4, -0.2) is 56.4 Å². The molecule has 0 saturated carbocycles. The van der Waals surface area contributed by atoms with Gasteiger partial charge in [0.05, 0.1) is 12.2 Å². The van der Waals surface area contributed by atoms with Crippen LogP contribution in [0.15, 0.2) is 48.5 Å². The second-order valence-corrected chi connectivity index (χ2v) is 8.93. The van der Waals surface area contributed by atoms with Crippen molar-refractivity contribution in [3.63, 3.8) is 0 Å². The van der Waals surface area contributed by atoms with E-state index in [-0.39, 0.29) is 17.4 Å². The molecule has 1 spiro atoms. The van der Waals surface area contributed by atoms with Crippen molar-refractivity contribution >= 4 is 12.0 Å². The summed E-state index contributed by atoms with van der Waals surface area (Å²) in [5.41, 5.74) is 1.81. The number of hydrogen-bond acceptors (Lipinski definition) is 6. The number of ether oxygens (including phenoxy) is 2. The van der Waals surface area contributed by atoms with Crippen LogP contribution in [0, 0.1) is 5.82 Å². The molecular weight excluding hydrogens is 439 g/mol. The molecule has 2 aliphatic rings. The number of carbonyl (C=O) groups excluding carboxylic acids is 1. The predicted octanol–water partition coefficient (Wildman–Crippen LogP) is 3.50. The number of benzene rings is 2. The summed E-state index contributed by atoms with van der Waals surface area (Å²) in [6.45, 7) is 2.23. The Kier molecular flexibility index (Phi) is 6.14. The van der Waals surface area contributed by atoms with E-state index >= 15 is 0 Å². The number of carbonyl (C=O) groups is 1. The number of halogens is 1. The average Bonchev–Trinajstić information content (AvgIpc) is 3.45. The molecule has 10 heteroatoms. The molecule has 3 aromatic rings. The van der Waals surface area contributed by atoms with Gasteiger partial charge < -0.3 is 14.4 Å². The molecule has 2 aliphatic heterocycles. The molecule has 2 amide bonds. The topological polar surface area (TPSA) is 94.4 Å². The number of rotatable bonds is 5. The molecule has 3 heterocycles. The second kappa shape index (κ2) is 9.38. The van der Waals surface area contributed by atoms with Gasteiger partial charge >= 0.3 is 6.03 Å². The molecule has 2 saturated heterocycles. The van der Waals surface area contributed by atoms with Crippen molar-refractivity contribution in [2.75, 3.05) is 25.0 Å². The molecule has 2 aromatic carbocycles. The van der Waals surface area contributed by atoms with E-state index in [1.54, 1.807) is 18.0 Å². The van der Waals surface area contributed by atoms with E-state index in [0.717, 1.165) is 30.6 Å². The number of urea groups is 1. The van der Waals surface area contributed by atoms with Gasteiger partial charge in [-0.3, -0.25) is 5.32 Å². The molecule has 178 valence electrons. The van der Waals surface area contributed by atoms with Crippen LogP contribution in [0.1, 0.15) is 36.3 Å². The Labute approximate surface area is 196 Å². The number of tetrazole rings is 1. The molecule has 1 atom stereocenters. The van der Waals surface area contributed by atoms with E-state index in [4.69, 9.17) is 9.47 Å². The van der Waals surface area contributed by atoms with E-state index in [1.165, 1.54) is 22.4 Å². The molecule has 0 unspecified atom stereocenters. The smallest absolute Gasteiger partial charge is 0.324 e. The van der Waals surface area contributed by atoms with E-state index < -0.39 is 0 Å². The van der Waals surface area contributed by atoms with E-state index in [1.807, 2.05) is 18.2 Å². The molecule has 0 radical (unpaired) electrons. The summed E-state index contributed by atoms with van der Waals surface area (Å²) in [4.78, 5) is 14.3. The van der Waals surface area contributed by atoms with Crippen molar-refractivity contribution < 1.29 is 18.7 Å². The molecule has 34 heavy (non-hydrogen) atoms. The van der Waals surface area contributed by atoms with Crippen LogP contribution >= 0.6 is 0 Å². The van der Waals surface area contributed by atoms with Crippen molar-refractivity contribution in [2.24, 2.45) is 7.05 Å². The third kappa shape index (κ3) is 4.86. The Bertz CT molecular complexity index is 1140. The van der Waals surface area contributed by atoms with Crippen LogP contribution in [-0.2, 0) is 18.4 Å². The lowest BCUT2D eigenvalue weighted by Crippen LogP contribution is -2.48. The van der Waals surface area contributed by atoms with Crippen LogP contribution in [0.2, 0.25) is 0 Å². The minimum absolute atomic E-state index is 0.194. The number of likely N-dealkylation sites (tertiary alicyclic amines) is 1. The summed E-state index contributed by atoms with van der Waals surface area (Å²) in [5, 5.41) is 13.8. The largest absolute Gasteiger partial charge is 0.489 e. The van der Waals surface area contributed by atoms with Crippen LogP contribution in [0.25, 0.3) is 0 Å². The molecule has 0 bridgehead atoms. The van der Waals surface area contributed by atoms with Gasteiger partial charge in [0.25, 0.3) is 5.95 Å². The van der Waals surface area contributed by atoms with Gasteiger partial charge in [0.1, 0.15) is 18.2 Å². The van der Waals surface area contributed by atoms with Gasteiger partial charge in [0, 0.05) is 26.1 Å². The number of anilines is 1. The standard InChI is InChI=1S/C24H27FN6O3/c1-30-22(27-28-29-30)26-23(32)31-11-9-24(10-12-31)14-19(16-34-24)18-5-7-21(8-6-18)33-15-17-3-2-4-20(25)13-17/h2-8,13,19H,9-12,14-16H2,1H3,(H,26,27,29,32)/t19-/m1/s1. The minimum atomic E-state index is -0.263. The molecule has 5 rings (SSSR count). The zero-order valence-corrected chi connectivity index (χ0v) is 19.0. The van der Waals surface area contributed by atoms with E-state index in [0.29, 0.717) is 38.2 Å². The van der Waals surface area contributed by atoms with Crippen molar-refractivity contribution in [1.29, 1.82) is 0 Å². The number of aromatic nitrogens is 4. The maximum absolute atomic E-state index is 13.3. The fraction of sp³-hybridized carbons (Fsp3) is 0.417. The first-order chi connectivity index (χ1) is 16.5. The number of nitrogens with zero attached hydrogens (tertiary/aromatic N) is 5. The first-order valence-electron chi connectivity index (χ1n) is 11.4. The monoisotopic (exact) mass is 466 g/mol. The van der Waals surface area contributed by atoms with Gasteiger partial charge in [-0.25, -0.2) is 13.9 Å². The molecule has 9 nitrogen and oxygen atoms in total. The highest BCUT2D eigenvalue weighted by atomic mass is 19.1. The summed E-state index contributed by atoms with van der Waals surface area (Å²) in [6, 6.07) is 14.3. The minimum Gasteiger partial charge on any atom is -0.489 e. The first kappa shape index (κ1) is 22.3. The van der Waals surface area contributed by atoms with Gasteiger partial charge in [-0.15, -0.1) is 0 Å². The molecule has 1 N–H and O–H groups in total. The Hall–Kier alpha value is -3.53. The number of nitrogens with one attached hydrogen (secondary N) is 1. The lowest BCUT2D eigenvalue weighted by Gasteiger charge is -2.38. The van der Waals surface area contributed by atoms with Crippen molar-refractivity contribution in [1.82, 2.24) is 25.1 Å². The SMILES string of the molecule is Cn1nnnc1NC(=O)N1CCC2(CC1)C[C@@H](c1ccc(OCc3cccc(F)c3)cc1)CO2. The Morgan fingerprint density at radius 3 is 2.74 bits per heavy atom. The zero-order chi connectivity index (χ0) is 23.5. The van der Waals surface area contributed by atoms with Gasteiger partial charge in [0.2, 0.25) is 0 Å². The molecular formula is C24H27FN6O3. The number of piperidine rings is 1. The molecule has 0 aliphatic carbocycles. The Morgan fingerprint density at radius 2 is 2.03 bits per heavy atom. The normalized spacial score (nSPS) is 19.4. The fourth-order valence-electron chi connectivity index (χ4n) is 4.66. The highest BCUT2D eigenvalue weighted by Gasteiger charge is 2.43. The number of aryl methyl sites for hydroxylation is 1. The van der Waals surface area contributed by atoms with Crippen LogP contribution in [0.3, 0.4) is 0 Å². The summed E-state index contributed by atoms with van der Waals surface area (Å²) < 4.78 is 26.8. The third-order valence-corrected chi connectivity index (χ3v) is 6.66. The van der Waals surface area contributed by atoms with Gasteiger partial charge in [-0.1, -0.05) is 29.4 Å². The van der Waals surface area contributed by atoms with Crippen molar-refractivity contribution in [2.45, 2.75) is 37.4 Å². The maximum Gasteiger partial charge on any atom is 0.324 e.